The van der Waals surface area contributed by atoms with Gasteiger partial charge in [-0.25, -0.2) is 4.79 Å². The fourth-order valence-corrected chi connectivity index (χ4v) is 4.41. The molecule has 5 heteroatoms. The molecule has 2 bridgehead atoms. The lowest BCUT2D eigenvalue weighted by molar-refractivity contribution is -0.0260. The van der Waals surface area contributed by atoms with E-state index in [1.54, 1.807) is 0 Å². The zero-order chi connectivity index (χ0) is 20.5. The zero-order valence-corrected chi connectivity index (χ0v) is 17.7. The van der Waals surface area contributed by atoms with Crippen LogP contribution >= 0.6 is 0 Å². The van der Waals surface area contributed by atoms with Gasteiger partial charge in [-0.1, -0.05) is 0 Å². The van der Waals surface area contributed by atoms with Gasteiger partial charge in [0.25, 0.3) is 0 Å². The second-order valence-electron chi connectivity index (χ2n) is 9.35. The summed E-state index contributed by atoms with van der Waals surface area (Å²) in [5.74, 6) is 0.922. The lowest BCUT2D eigenvalue weighted by Crippen LogP contribution is -2.56. The molecule has 0 N–H and O–H groups in total. The number of amides is 1. The van der Waals surface area contributed by atoms with Crippen LogP contribution in [-0.4, -0.2) is 40.6 Å². The maximum absolute atomic E-state index is 13.1. The number of nitrogens with zero attached hydrogens (tertiary/aromatic N) is 1. The fraction of sp³-hybridized carbons (Fsp3) is 0.652. The van der Waals surface area contributed by atoms with Crippen molar-refractivity contribution >= 4 is 11.9 Å². The Bertz CT molecular complexity index is 690. The van der Waals surface area contributed by atoms with Gasteiger partial charge in [0.05, 0.1) is 6.10 Å². The van der Waals surface area contributed by atoms with Crippen LogP contribution < -0.4 is 4.74 Å². The number of carbonyl (C=O) groups excluding carboxylic acids is 2. The molecule has 1 amide bonds. The van der Waals surface area contributed by atoms with Crippen molar-refractivity contribution < 1.29 is 19.1 Å². The number of benzene rings is 1. The van der Waals surface area contributed by atoms with Crippen molar-refractivity contribution in [3.8, 4) is 5.75 Å². The van der Waals surface area contributed by atoms with Gasteiger partial charge in [0.2, 0.25) is 0 Å². The van der Waals surface area contributed by atoms with Crippen molar-refractivity contribution in [2.75, 3.05) is 0 Å². The van der Waals surface area contributed by atoms with Crippen LogP contribution in [0.15, 0.2) is 24.3 Å². The Morgan fingerprint density at radius 2 is 1.61 bits per heavy atom. The van der Waals surface area contributed by atoms with Crippen molar-refractivity contribution in [3.63, 3.8) is 0 Å². The molecular formula is C23H33NO4. The molecule has 2 heterocycles. The summed E-state index contributed by atoms with van der Waals surface area (Å²) in [4.78, 5) is 27.7. The number of carbonyl (C=O) groups is 2. The Balaban J connectivity index is 1.69. The van der Waals surface area contributed by atoms with E-state index in [0.717, 1.165) is 43.4 Å². The summed E-state index contributed by atoms with van der Waals surface area (Å²) in [5.41, 5.74) is 0.225. The molecule has 5 nitrogen and oxygen atoms in total. The summed E-state index contributed by atoms with van der Waals surface area (Å²) in [6.07, 6.45) is 4.32. The van der Waals surface area contributed by atoms with Gasteiger partial charge in [-0.2, -0.15) is 0 Å². The fourth-order valence-electron chi connectivity index (χ4n) is 4.41. The molecule has 2 unspecified atom stereocenters. The van der Waals surface area contributed by atoms with Gasteiger partial charge in [-0.15, -0.1) is 0 Å². The molecule has 2 saturated heterocycles. The Morgan fingerprint density at radius 3 is 2.11 bits per heavy atom. The number of Topliss-reactive ketones (excluding diaryl/α,β-unsaturated/α-hetero) is 1. The SMILES string of the molecule is CC(C)Oc1ccc(C(=O)C2CC3CCCC(C2)N3C(=O)OC(C)(C)C)cc1. The summed E-state index contributed by atoms with van der Waals surface area (Å²) < 4.78 is 11.3. The van der Waals surface area contributed by atoms with Crippen molar-refractivity contribution in [3.05, 3.63) is 29.8 Å². The Morgan fingerprint density at radius 1 is 1.04 bits per heavy atom. The van der Waals surface area contributed by atoms with E-state index in [0.29, 0.717) is 0 Å². The van der Waals surface area contributed by atoms with E-state index in [-0.39, 0.29) is 36.0 Å². The van der Waals surface area contributed by atoms with Crippen LogP contribution in [0.25, 0.3) is 0 Å². The molecule has 1 aromatic rings. The van der Waals surface area contributed by atoms with Crippen molar-refractivity contribution in [1.29, 1.82) is 0 Å². The molecule has 3 rings (SSSR count). The molecule has 0 radical (unpaired) electrons. The van der Waals surface area contributed by atoms with E-state index < -0.39 is 5.60 Å². The van der Waals surface area contributed by atoms with Crippen LogP contribution in [-0.2, 0) is 4.74 Å². The summed E-state index contributed by atoms with van der Waals surface area (Å²) in [5, 5.41) is 0. The van der Waals surface area contributed by atoms with Crippen LogP contribution in [0.1, 0.15) is 77.1 Å². The second kappa shape index (κ2) is 8.14. The molecule has 0 spiro atoms. The molecule has 2 aliphatic rings. The Labute approximate surface area is 168 Å². The maximum Gasteiger partial charge on any atom is 0.410 e. The lowest BCUT2D eigenvalue weighted by Gasteiger charge is -2.48. The summed E-state index contributed by atoms with van der Waals surface area (Å²) in [7, 11) is 0. The number of fused-ring (bicyclic) bond motifs is 2. The van der Waals surface area contributed by atoms with E-state index in [2.05, 4.69) is 0 Å². The average Bonchev–Trinajstić information content (AvgIpc) is 2.58. The summed E-state index contributed by atoms with van der Waals surface area (Å²) in [6, 6.07) is 7.64. The molecule has 28 heavy (non-hydrogen) atoms. The number of ketones is 1. The predicted molar refractivity (Wildman–Crippen MR) is 109 cm³/mol. The Kier molecular flexibility index (Phi) is 6.01. The van der Waals surface area contributed by atoms with E-state index in [9.17, 15) is 9.59 Å². The van der Waals surface area contributed by atoms with Gasteiger partial charge in [0.15, 0.2) is 5.78 Å². The minimum Gasteiger partial charge on any atom is -0.491 e. The number of ether oxygens (including phenoxy) is 2. The average molecular weight is 388 g/mol. The van der Waals surface area contributed by atoms with Crippen molar-refractivity contribution in [2.45, 2.75) is 90.5 Å². The summed E-state index contributed by atoms with van der Waals surface area (Å²) in [6.45, 7) is 9.64. The maximum atomic E-state index is 13.1. The molecule has 2 aliphatic heterocycles. The smallest absolute Gasteiger partial charge is 0.410 e. The van der Waals surface area contributed by atoms with Crippen LogP contribution in [0.4, 0.5) is 4.79 Å². The topological polar surface area (TPSA) is 55.8 Å². The lowest BCUT2D eigenvalue weighted by atomic mass is 9.76. The third-order valence-corrected chi connectivity index (χ3v) is 5.46. The first-order chi connectivity index (χ1) is 13.1. The number of hydrogen-bond acceptors (Lipinski definition) is 4. The van der Waals surface area contributed by atoms with Gasteiger partial charge in [0.1, 0.15) is 11.4 Å². The van der Waals surface area contributed by atoms with E-state index >= 15 is 0 Å². The number of rotatable bonds is 4. The van der Waals surface area contributed by atoms with Gasteiger partial charge in [0, 0.05) is 23.6 Å². The normalized spacial score (nSPS) is 24.8. The quantitative estimate of drug-likeness (QED) is 0.664. The highest BCUT2D eigenvalue weighted by Gasteiger charge is 2.44. The van der Waals surface area contributed by atoms with Gasteiger partial charge >= 0.3 is 6.09 Å². The van der Waals surface area contributed by atoms with Crippen LogP contribution in [0.5, 0.6) is 5.75 Å². The molecule has 1 aromatic carbocycles. The van der Waals surface area contributed by atoms with Gasteiger partial charge in [-0.05, 0) is 91.0 Å². The number of piperidine rings is 2. The monoisotopic (exact) mass is 387 g/mol. The largest absolute Gasteiger partial charge is 0.491 e. The van der Waals surface area contributed by atoms with Crippen LogP contribution in [0.3, 0.4) is 0 Å². The zero-order valence-electron chi connectivity index (χ0n) is 17.7. The van der Waals surface area contributed by atoms with Crippen molar-refractivity contribution in [2.24, 2.45) is 5.92 Å². The van der Waals surface area contributed by atoms with E-state index in [4.69, 9.17) is 9.47 Å². The van der Waals surface area contributed by atoms with Crippen LogP contribution in [0, 0.1) is 5.92 Å². The molecular weight excluding hydrogens is 354 g/mol. The van der Waals surface area contributed by atoms with Crippen molar-refractivity contribution in [1.82, 2.24) is 4.90 Å². The minimum absolute atomic E-state index is 0.0362. The second-order valence-corrected chi connectivity index (χ2v) is 9.35. The van der Waals surface area contributed by atoms with E-state index in [1.165, 1.54) is 0 Å². The molecule has 0 aromatic heterocycles. The standard InChI is InChI=1S/C23H33NO4/c1-15(2)27-20-11-9-16(10-12-20)21(25)17-13-18-7-6-8-19(14-17)24(18)22(26)28-23(3,4)5/h9-12,15,17-19H,6-8,13-14H2,1-5H3. The third kappa shape index (κ3) is 4.86. The van der Waals surface area contributed by atoms with Gasteiger partial charge in [-0.3, -0.25) is 4.79 Å². The summed E-state index contributed by atoms with van der Waals surface area (Å²) >= 11 is 0. The molecule has 2 fully saturated rings. The predicted octanol–water partition coefficient (Wildman–Crippen LogP) is 5.22. The molecule has 0 aliphatic carbocycles. The number of hydrogen-bond donors (Lipinski definition) is 0. The van der Waals surface area contributed by atoms with Gasteiger partial charge < -0.3 is 14.4 Å². The first kappa shape index (κ1) is 20.7. The first-order valence-electron chi connectivity index (χ1n) is 10.5. The Hall–Kier alpha value is -2.04. The third-order valence-electron chi connectivity index (χ3n) is 5.46. The van der Waals surface area contributed by atoms with E-state index in [1.807, 2.05) is 63.8 Å². The molecule has 0 saturated carbocycles. The highest BCUT2D eigenvalue weighted by atomic mass is 16.6. The van der Waals surface area contributed by atoms with Crippen LogP contribution in [0.2, 0.25) is 0 Å². The molecule has 154 valence electrons. The molecule has 2 atom stereocenters. The highest BCUT2D eigenvalue weighted by molar-refractivity contribution is 5.98. The first-order valence-corrected chi connectivity index (χ1v) is 10.5. The minimum atomic E-state index is -0.502. The highest BCUT2D eigenvalue weighted by Crippen LogP contribution is 2.39.